The molecular formula is C13H17NO10. The van der Waals surface area contributed by atoms with Crippen molar-refractivity contribution >= 4 is 5.69 Å². The predicted molar refractivity (Wildman–Crippen MR) is 75.1 cm³/mol. The molecule has 5 atom stereocenters. The summed E-state index contributed by atoms with van der Waals surface area (Å²) in [7, 11) is 0. The third-order valence-corrected chi connectivity index (χ3v) is 3.58. The zero-order chi connectivity index (χ0) is 18.0. The molecule has 1 aliphatic heterocycles. The molecule has 2 rings (SSSR count). The van der Waals surface area contributed by atoms with Crippen LogP contribution in [-0.4, -0.2) is 73.2 Å². The van der Waals surface area contributed by atoms with E-state index >= 15 is 0 Å². The van der Waals surface area contributed by atoms with Gasteiger partial charge in [-0.05, 0) is 6.07 Å². The lowest BCUT2D eigenvalue weighted by molar-refractivity contribution is -0.386. The van der Waals surface area contributed by atoms with Crippen molar-refractivity contribution in [1.82, 2.24) is 0 Å². The van der Waals surface area contributed by atoms with E-state index in [1.54, 1.807) is 0 Å². The first kappa shape index (κ1) is 18.3. The molecule has 1 saturated heterocycles. The standard InChI is InChI=1S/C13H17NO10/c15-3-8(17)11(19)12(20)9-4-23-13(24-9)5-1-6(14(21)22)10(18)7(16)2-5/h1-2,8-9,11-13,15-20H,3-4H2. The number of nitro benzene ring substituents is 1. The molecule has 0 bridgehead atoms. The van der Waals surface area contributed by atoms with Crippen LogP contribution < -0.4 is 0 Å². The quantitative estimate of drug-likeness (QED) is 0.201. The number of nitro groups is 1. The lowest BCUT2D eigenvalue weighted by Gasteiger charge is -2.25. The molecule has 0 amide bonds. The number of benzene rings is 1. The topological polar surface area (TPSA) is 183 Å². The fourth-order valence-electron chi connectivity index (χ4n) is 2.23. The van der Waals surface area contributed by atoms with Crippen LogP contribution in [0, 0.1) is 10.1 Å². The van der Waals surface area contributed by atoms with Crippen molar-refractivity contribution in [3.63, 3.8) is 0 Å². The minimum Gasteiger partial charge on any atom is -0.504 e. The van der Waals surface area contributed by atoms with E-state index in [0.717, 1.165) is 12.1 Å². The maximum atomic E-state index is 10.8. The summed E-state index contributed by atoms with van der Waals surface area (Å²) in [5, 5.41) is 67.4. The number of phenols is 2. The maximum Gasteiger partial charge on any atom is 0.315 e. The summed E-state index contributed by atoms with van der Waals surface area (Å²) >= 11 is 0. The smallest absolute Gasteiger partial charge is 0.315 e. The van der Waals surface area contributed by atoms with Crippen LogP contribution >= 0.6 is 0 Å². The molecule has 0 spiro atoms. The van der Waals surface area contributed by atoms with Crippen molar-refractivity contribution in [3.8, 4) is 11.5 Å². The minimum absolute atomic E-state index is 0.0175. The van der Waals surface area contributed by atoms with Gasteiger partial charge in [-0.25, -0.2) is 0 Å². The van der Waals surface area contributed by atoms with E-state index in [-0.39, 0.29) is 12.2 Å². The first-order valence-corrected chi connectivity index (χ1v) is 6.88. The fraction of sp³-hybridized carbons (Fsp3) is 0.538. The van der Waals surface area contributed by atoms with Crippen LogP contribution in [0.2, 0.25) is 0 Å². The molecule has 1 fully saturated rings. The summed E-state index contributed by atoms with van der Waals surface area (Å²) in [6.07, 6.45) is -7.14. The van der Waals surface area contributed by atoms with Crippen LogP contribution in [0.25, 0.3) is 0 Å². The second-order valence-corrected chi connectivity index (χ2v) is 5.24. The third kappa shape index (κ3) is 3.56. The Morgan fingerprint density at radius 2 is 1.96 bits per heavy atom. The van der Waals surface area contributed by atoms with Crippen molar-refractivity contribution in [3.05, 3.63) is 27.8 Å². The first-order valence-electron chi connectivity index (χ1n) is 6.88. The highest BCUT2D eigenvalue weighted by Crippen LogP contribution is 2.40. The molecule has 11 nitrogen and oxygen atoms in total. The van der Waals surface area contributed by atoms with Gasteiger partial charge in [-0.3, -0.25) is 10.1 Å². The van der Waals surface area contributed by atoms with E-state index in [0.29, 0.717) is 0 Å². The van der Waals surface area contributed by atoms with Crippen LogP contribution in [0.3, 0.4) is 0 Å². The fourth-order valence-corrected chi connectivity index (χ4v) is 2.23. The first-order chi connectivity index (χ1) is 11.3. The Kier molecular flexibility index (Phi) is 5.54. The minimum atomic E-state index is -1.69. The highest BCUT2D eigenvalue weighted by Gasteiger charge is 2.39. The Balaban J connectivity index is 2.15. The van der Waals surface area contributed by atoms with Gasteiger partial charge in [0.15, 0.2) is 12.0 Å². The number of hydrogen-bond acceptors (Lipinski definition) is 10. The van der Waals surface area contributed by atoms with E-state index in [1.165, 1.54) is 0 Å². The molecule has 1 aliphatic rings. The molecule has 1 aromatic rings. The van der Waals surface area contributed by atoms with E-state index in [2.05, 4.69) is 0 Å². The molecule has 1 heterocycles. The molecule has 5 unspecified atom stereocenters. The van der Waals surface area contributed by atoms with Gasteiger partial charge in [0.25, 0.3) is 0 Å². The molecule has 0 radical (unpaired) electrons. The van der Waals surface area contributed by atoms with Gasteiger partial charge in [0.05, 0.1) is 18.1 Å². The molecule has 6 N–H and O–H groups in total. The zero-order valence-electron chi connectivity index (χ0n) is 12.2. The van der Waals surface area contributed by atoms with Gasteiger partial charge in [0.2, 0.25) is 5.75 Å². The van der Waals surface area contributed by atoms with Gasteiger partial charge in [-0.15, -0.1) is 0 Å². The summed E-state index contributed by atoms with van der Waals surface area (Å²) in [6, 6.07) is 1.94. The Morgan fingerprint density at radius 3 is 2.54 bits per heavy atom. The molecule has 1 aromatic carbocycles. The van der Waals surface area contributed by atoms with Crippen molar-refractivity contribution in [2.75, 3.05) is 13.2 Å². The van der Waals surface area contributed by atoms with Crippen LogP contribution in [-0.2, 0) is 9.47 Å². The highest BCUT2D eigenvalue weighted by atomic mass is 16.7. The van der Waals surface area contributed by atoms with Crippen molar-refractivity contribution in [1.29, 1.82) is 0 Å². The number of rotatable bonds is 6. The van der Waals surface area contributed by atoms with Crippen LogP contribution in [0.1, 0.15) is 11.9 Å². The normalized spacial score (nSPS) is 24.5. The van der Waals surface area contributed by atoms with Crippen LogP contribution in [0.5, 0.6) is 11.5 Å². The van der Waals surface area contributed by atoms with E-state index in [1.807, 2.05) is 0 Å². The Bertz CT molecular complexity index is 609. The SMILES string of the molecule is O=[N+]([O-])c1cc(C2OCC(C(O)C(O)C(O)CO)O2)cc(O)c1O. The van der Waals surface area contributed by atoms with Gasteiger partial charge in [0, 0.05) is 11.6 Å². The monoisotopic (exact) mass is 347 g/mol. The van der Waals surface area contributed by atoms with Gasteiger partial charge in [0.1, 0.15) is 24.4 Å². The van der Waals surface area contributed by atoms with Crippen LogP contribution in [0.15, 0.2) is 12.1 Å². The summed E-state index contributed by atoms with van der Waals surface area (Å²) in [5.74, 6) is -1.65. The molecule has 24 heavy (non-hydrogen) atoms. The van der Waals surface area contributed by atoms with Gasteiger partial charge < -0.3 is 40.1 Å². The van der Waals surface area contributed by atoms with Crippen LogP contribution in [0.4, 0.5) is 5.69 Å². The second-order valence-electron chi connectivity index (χ2n) is 5.24. The highest BCUT2D eigenvalue weighted by molar-refractivity contribution is 5.56. The molecule has 134 valence electrons. The Labute approximate surface area is 135 Å². The predicted octanol–water partition coefficient (Wildman–Crippen LogP) is -1.51. The summed E-state index contributed by atoms with van der Waals surface area (Å²) < 4.78 is 10.5. The number of aliphatic hydroxyl groups excluding tert-OH is 4. The van der Waals surface area contributed by atoms with Crippen molar-refractivity contribution in [2.24, 2.45) is 0 Å². The van der Waals surface area contributed by atoms with Gasteiger partial charge >= 0.3 is 5.69 Å². The van der Waals surface area contributed by atoms with Gasteiger partial charge in [-0.1, -0.05) is 0 Å². The number of ether oxygens (including phenoxy) is 2. The molecule has 0 aromatic heterocycles. The lowest BCUT2D eigenvalue weighted by Crippen LogP contribution is -2.46. The van der Waals surface area contributed by atoms with Gasteiger partial charge in [-0.2, -0.15) is 0 Å². The average molecular weight is 347 g/mol. The van der Waals surface area contributed by atoms with E-state index in [9.17, 15) is 35.6 Å². The molecule has 0 saturated carbocycles. The molecule has 0 aliphatic carbocycles. The summed E-state index contributed by atoms with van der Waals surface area (Å²) in [6.45, 7) is -0.982. The second kappa shape index (κ2) is 7.25. The Morgan fingerprint density at radius 1 is 1.29 bits per heavy atom. The number of hydrogen-bond donors (Lipinski definition) is 6. The largest absolute Gasteiger partial charge is 0.504 e. The lowest BCUT2D eigenvalue weighted by atomic mass is 10.0. The number of nitrogens with zero attached hydrogens (tertiary/aromatic N) is 1. The average Bonchev–Trinajstić information content (AvgIpc) is 3.04. The van der Waals surface area contributed by atoms with Crippen molar-refractivity contribution in [2.45, 2.75) is 30.7 Å². The molecular weight excluding hydrogens is 330 g/mol. The summed E-state index contributed by atoms with van der Waals surface area (Å²) in [4.78, 5) is 9.94. The third-order valence-electron chi connectivity index (χ3n) is 3.58. The number of aliphatic hydroxyl groups is 4. The number of aromatic hydroxyl groups is 2. The Hall–Kier alpha value is -2.02. The number of phenolic OH excluding ortho intramolecular Hbond substituents is 2. The maximum absolute atomic E-state index is 10.8. The van der Waals surface area contributed by atoms with E-state index < -0.39 is 59.4 Å². The zero-order valence-corrected chi connectivity index (χ0v) is 12.2. The van der Waals surface area contributed by atoms with E-state index in [4.69, 9.17) is 14.6 Å². The van der Waals surface area contributed by atoms with Crippen molar-refractivity contribution < 1.29 is 45.0 Å². The summed E-state index contributed by atoms with van der Waals surface area (Å²) in [5.41, 5.74) is -0.735. The molecule has 11 heteroatoms.